The number of hydrogen-bond acceptors (Lipinski definition) is 17. The number of piperidine rings is 6. The number of alkyl halides is 2. The first-order chi connectivity index (χ1) is 69.7. The predicted molar refractivity (Wildman–Crippen MR) is 610 cm³/mol. The van der Waals surface area contributed by atoms with E-state index in [1.54, 1.807) is 29.5 Å². The van der Waals surface area contributed by atoms with Gasteiger partial charge in [-0.2, -0.15) is 0 Å². The fourth-order valence-corrected chi connectivity index (χ4v) is 19.7. The van der Waals surface area contributed by atoms with Crippen molar-refractivity contribution in [2.45, 2.75) is 274 Å². The largest absolute Gasteiger partial charge is 1.00 e. The van der Waals surface area contributed by atoms with Crippen molar-refractivity contribution in [3.8, 4) is 0 Å². The van der Waals surface area contributed by atoms with E-state index in [0.29, 0.717) is 74.6 Å². The van der Waals surface area contributed by atoms with Gasteiger partial charge in [-0.15, -0.1) is 23.2 Å². The van der Waals surface area contributed by atoms with Gasteiger partial charge in [0.2, 0.25) is 29.5 Å². The van der Waals surface area contributed by atoms with E-state index in [1.165, 1.54) is 40.2 Å². The number of likely N-dealkylation sites (tertiary alicyclic amines) is 4. The number of nitrogens with one attached hydrogen (secondary N) is 7. The zero-order valence-electron chi connectivity index (χ0n) is 92.9. The normalized spacial score (nSPS) is 18.0. The molecule has 12 aliphatic rings. The Morgan fingerprint density at radius 3 is 1.24 bits per heavy atom. The summed E-state index contributed by atoms with van der Waals surface area (Å²) < 4.78 is 15.9. The van der Waals surface area contributed by atoms with Crippen LogP contribution in [0.4, 0.5) is 38.0 Å². The first-order valence-electron chi connectivity index (χ1n) is 53.7. The van der Waals surface area contributed by atoms with Crippen LogP contribution in [0.15, 0.2) is 194 Å². The fourth-order valence-electron chi connectivity index (χ4n) is 19.3. The van der Waals surface area contributed by atoms with Gasteiger partial charge in [0.15, 0.2) is 17.4 Å². The van der Waals surface area contributed by atoms with Crippen LogP contribution in [0.3, 0.4) is 0 Å². The van der Waals surface area contributed by atoms with Gasteiger partial charge in [0.05, 0.1) is 36.1 Å². The number of β-amino-alcohol motifs (C(OH)–C–C–N with tert-alkyl or cyclic N) is 1. The summed E-state index contributed by atoms with van der Waals surface area (Å²) in [4.78, 5) is 93.1. The number of benzene rings is 7. The van der Waals surface area contributed by atoms with E-state index < -0.39 is 16.6 Å². The van der Waals surface area contributed by atoms with Gasteiger partial charge in [-0.1, -0.05) is 249 Å². The second kappa shape index (κ2) is 69.4. The third kappa shape index (κ3) is 39.7. The Bertz CT molecular complexity index is 4910. The quantitative estimate of drug-likeness (QED) is 0.0238. The van der Waals surface area contributed by atoms with E-state index in [9.17, 15) is 38.7 Å². The fraction of sp³-hybridized carbons (Fsp3) is 0.551. The summed E-state index contributed by atoms with van der Waals surface area (Å²) in [6.07, 6.45) is 19.0. The molecule has 7 saturated heterocycles. The van der Waals surface area contributed by atoms with Gasteiger partial charge >= 0.3 is 31.0 Å². The van der Waals surface area contributed by atoms with Crippen molar-refractivity contribution in [3.63, 3.8) is 0 Å². The first-order valence-corrected chi connectivity index (χ1v) is 54.8. The molecule has 0 bridgehead atoms. The van der Waals surface area contributed by atoms with Gasteiger partial charge in [0, 0.05) is 142 Å². The minimum atomic E-state index is -0.496. The van der Waals surface area contributed by atoms with Gasteiger partial charge in [-0.3, -0.25) is 24.0 Å². The number of aliphatic hydroxyl groups excluding tert-OH is 2. The molecule has 28 heteroatoms. The molecule has 0 aliphatic carbocycles. The Morgan fingerprint density at radius 1 is 0.473 bits per heavy atom. The van der Waals surface area contributed by atoms with Crippen LogP contribution in [0, 0.1) is 11.8 Å². The molecule has 7 aromatic rings. The van der Waals surface area contributed by atoms with Crippen LogP contribution in [0.1, 0.15) is 263 Å². The maximum atomic E-state index is 12.5. The number of carbonyl (C=O) groups excluding carboxylic acids is 7. The van der Waals surface area contributed by atoms with Crippen molar-refractivity contribution >= 4 is 123 Å². The number of ether oxygens (including phenoxy) is 3. The maximum Gasteiger partial charge on any atom is 1.00 e. The second-order valence-electron chi connectivity index (χ2n) is 37.6. The molecule has 7 fully saturated rings. The van der Waals surface area contributed by atoms with Crippen molar-refractivity contribution in [1.29, 1.82) is 0 Å². The number of para-hydroxylation sites is 5. The third-order valence-corrected chi connectivity index (χ3v) is 26.9. The van der Waals surface area contributed by atoms with Gasteiger partial charge in [-0.25, -0.2) is 9.59 Å². The van der Waals surface area contributed by atoms with Crippen molar-refractivity contribution in [1.82, 2.24) is 35.1 Å². The average Bonchev–Trinajstić information content (AvgIpc) is 1.60. The van der Waals surface area contributed by atoms with Crippen LogP contribution in [0.5, 0.6) is 0 Å². The zero-order chi connectivity index (χ0) is 106. The Kier molecular flexibility index (Phi) is 62.3. The molecule has 0 aromatic heterocycles. The summed E-state index contributed by atoms with van der Waals surface area (Å²) in [5.41, 5.74) is 13.0. The number of rotatable bonds is 12. The van der Waals surface area contributed by atoms with E-state index in [-0.39, 0.29) is 109 Å². The third-order valence-electron chi connectivity index (χ3n) is 26.6. The molecule has 9 N–H and O–H groups in total. The summed E-state index contributed by atoms with van der Waals surface area (Å²) in [5.74, 6) is 2.24. The van der Waals surface area contributed by atoms with E-state index in [0.717, 1.165) is 182 Å². The molecular weight excluding hydrogens is 1880 g/mol. The molecule has 146 heavy (non-hydrogen) atoms. The van der Waals surface area contributed by atoms with Crippen LogP contribution < -0.4 is 56.1 Å². The van der Waals surface area contributed by atoms with Crippen molar-refractivity contribution in [3.05, 3.63) is 233 Å². The molecule has 12 heterocycles. The van der Waals surface area contributed by atoms with Gasteiger partial charge in [-0.05, 0) is 258 Å². The van der Waals surface area contributed by atoms with Gasteiger partial charge in [0.25, 0.3) is 0 Å². The Hall–Kier alpha value is -9.02. The maximum absolute atomic E-state index is 12.5. The molecule has 19 rings (SSSR count). The van der Waals surface area contributed by atoms with Crippen LogP contribution >= 0.6 is 23.2 Å². The molecule has 24 nitrogen and oxygen atoms in total. The standard InChI is InChI=1S/C28H35N3O2.C17H22N2O3.C16H19NO2.C12H14N2O.C12H16N2.C9H17Cl2NO2.C8H7NO.C2H6O.7C2H6.Al.Li.4H/c32-26(20-30-18-14-28(15-19-30)21-29-25-9-5-4-8-24(25)28)23-12-16-31(17-13-23)27(33)11-10-22-6-2-1-3-7-22;1-16(2,3)22-15(21)19-10-8-17(9-11-19)12-6-4-5-7-13(12)18-14(17)20;18-16(7-6-13-4-2-1-3-5-13)17-10-8-14(9-11-17)15-12-19-15;15-11-12(5-7-13-8-6-12)9-3-1-2-4-10(9)14-11;1-2-4-11-10(3-1)12(9-14-11)5-7-13-8-6-12;1-9(2,3)14-8(13)12(6-4-10)7-5-11;10-8-5-6-3-1-2-4-7(6)9-8;1-2-3;7*1-2;;;;;;/h1-11,23,26,29,32H,12-21H2;4-7H,8-11H2,1-3H3,(H,18,20);1-7,14-15H,8-12H2;1-4,13H,5-8H2,(H,14,15);1-4,13-14H,5-9H2;4-7H2,1-3H3;1-4H,5H2,(H,9,10);3H,2H2,1H3;7*1-2H3;;;;;;/q;;;;;;;;;;;;;;;;+1;;;;-1/b11-10+;;7-6+;;;;;;;;;;;;;;;;;;/t26-;;;;;;;;;;;;;;;;;;;;/m0..................../s1. The Morgan fingerprint density at radius 2 is 0.836 bits per heavy atom. The summed E-state index contributed by atoms with van der Waals surface area (Å²) in [7, 11) is 0. The molecule has 7 amide bonds. The number of aliphatic hydroxyl groups is 2. The average molecular weight is 2070 g/mol. The van der Waals surface area contributed by atoms with Crippen molar-refractivity contribution < 1.29 is 78.3 Å². The van der Waals surface area contributed by atoms with E-state index in [2.05, 4.69) is 96.7 Å². The summed E-state index contributed by atoms with van der Waals surface area (Å²) in [6.45, 7) is 56.3. The molecule has 12 aliphatic heterocycles. The monoisotopic (exact) mass is 2060 g/mol. The van der Waals surface area contributed by atoms with Crippen molar-refractivity contribution in [2.24, 2.45) is 11.8 Å². The van der Waals surface area contributed by atoms with Gasteiger partial charge < -0.3 is 87.6 Å². The molecule has 7 aromatic carbocycles. The SMILES string of the molecule is CC.CC.CC.CC.CC.CC.CC.CC(C)(C)OC(=O)N(CCCl)CCCl.CC(C)(C)OC(=O)N1CCC2(CC1)C(=O)Nc1ccccc12.CCO.O=C(/C=C/c1ccccc1)N1CCC(C2CO2)CC1.O=C(/C=C/c1ccccc1)N1CCC([C@@H](O)CN2CCC3(CC2)CNc2ccccc23)CC1.O=C1Cc2ccccc2N1.O=C1Nc2ccccc2C12CCNCC2.[AlH3].[H-].[Li+].c1ccc2c(c1)NCC21CCNCC1. The number of nitrogens with zero attached hydrogens (tertiary/aromatic N) is 5. The number of anilines is 5. The van der Waals surface area contributed by atoms with E-state index >= 15 is 0 Å². The minimum Gasteiger partial charge on any atom is -1.00 e. The molecule has 4 spiro atoms. The molecule has 2 atom stereocenters. The van der Waals surface area contributed by atoms with E-state index in [1.807, 2.05) is 288 Å². The van der Waals surface area contributed by atoms with Crippen LogP contribution in [0.25, 0.3) is 12.2 Å². The summed E-state index contributed by atoms with van der Waals surface area (Å²) >= 11 is 11.1. The topological polar surface area (TPSA) is 291 Å². The Balaban J connectivity index is 0.000000577. The number of fused-ring (bicyclic) bond motifs is 9. The summed E-state index contributed by atoms with van der Waals surface area (Å²) in [6, 6.07) is 61.0. The predicted octanol–water partition coefficient (Wildman–Crippen LogP) is 19.0. The number of hydrogen-bond donors (Lipinski definition) is 9. The van der Waals surface area contributed by atoms with Crippen LogP contribution in [-0.4, -0.2) is 253 Å². The second-order valence-corrected chi connectivity index (χ2v) is 38.3. The minimum absolute atomic E-state index is 0. The number of epoxide rings is 1. The molecule has 0 saturated carbocycles. The molecule has 0 radical (unpaired) electrons. The van der Waals surface area contributed by atoms with Crippen LogP contribution in [0.2, 0.25) is 0 Å². The number of halogens is 2. The number of amides is 7. The molecule has 1 unspecified atom stereocenters. The molecule has 804 valence electrons. The smallest absolute Gasteiger partial charge is 1.00 e. The van der Waals surface area contributed by atoms with Gasteiger partial charge in [0.1, 0.15) is 11.2 Å². The number of carbonyl (C=O) groups is 7. The zero-order valence-corrected chi connectivity index (χ0v) is 93.5. The Labute approximate surface area is 911 Å². The van der Waals surface area contributed by atoms with Crippen molar-refractivity contribution in [2.75, 3.05) is 163 Å². The van der Waals surface area contributed by atoms with E-state index in [4.69, 9.17) is 42.5 Å². The molecular formula is C118H182AlCl2LiN12O12. The summed E-state index contributed by atoms with van der Waals surface area (Å²) in [5, 5.41) is 41.1. The van der Waals surface area contributed by atoms with Crippen LogP contribution in [-0.2, 0) is 66.3 Å². The first kappa shape index (κ1) is 131.